The highest BCUT2D eigenvalue weighted by Crippen LogP contribution is 2.17. The Hall–Kier alpha value is -3.02. The quantitative estimate of drug-likeness (QED) is 0.454. The molecule has 132 valence electrons. The minimum Gasteiger partial charge on any atom is -0.497 e. The SMILES string of the molecule is COc1ccc(OCCO/N=C\C(=O)Nc2ccc(C)cc2C)cc1. The van der Waals surface area contributed by atoms with Crippen LogP contribution in [0.15, 0.2) is 47.6 Å². The Labute approximate surface area is 147 Å². The zero-order valence-corrected chi connectivity index (χ0v) is 14.6. The first kappa shape index (κ1) is 18.3. The third-order valence-electron chi connectivity index (χ3n) is 3.39. The van der Waals surface area contributed by atoms with Gasteiger partial charge in [0.15, 0.2) is 6.61 Å². The van der Waals surface area contributed by atoms with Gasteiger partial charge in [0.1, 0.15) is 24.3 Å². The molecule has 0 heterocycles. The van der Waals surface area contributed by atoms with Gasteiger partial charge in [0, 0.05) is 5.69 Å². The standard InChI is InChI=1S/C19H22N2O4/c1-14-4-9-18(15(2)12-14)21-19(22)13-20-25-11-10-24-17-7-5-16(23-3)6-8-17/h4-9,12-13H,10-11H2,1-3H3,(H,21,22)/b20-13-. The number of nitrogens with one attached hydrogen (secondary N) is 1. The van der Waals surface area contributed by atoms with Crippen LogP contribution in [0.25, 0.3) is 0 Å². The van der Waals surface area contributed by atoms with Crippen LogP contribution in [0.3, 0.4) is 0 Å². The first-order chi connectivity index (χ1) is 12.1. The lowest BCUT2D eigenvalue weighted by Gasteiger charge is -2.07. The third-order valence-corrected chi connectivity index (χ3v) is 3.39. The van der Waals surface area contributed by atoms with E-state index in [4.69, 9.17) is 14.3 Å². The second-order valence-electron chi connectivity index (χ2n) is 5.40. The Bertz CT molecular complexity index is 727. The van der Waals surface area contributed by atoms with Crippen molar-refractivity contribution >= 4 is 17.8 Å². The summed E-state index contributed by atoms with van der Waals surface area (Å²) in [6.45, 7) is 4.50. The lowest BCUT2D eigenvalue weighted by atomic mass is 10.1. The van der Waals surface area contributed by atoms with Crippen LogP contribution in [0, 0.1) is 13.8 Å². The molecule has 1 N–H and O–H groups in total. The molecule has 2 aromatic carbocycles. The zero-order valence-electron chi connectivity index (χ0n) is 14.6. The Balaban J connectivity index is 1.67. The Kier molecular flexibility index (Phi) is 6.83. The molecule has 0 aliphatic heterocycles. The number of carbonyl (C=O) groups excluding carboxylic acids is 1. The number of methoxy groups -OCH3 is 1. The molecule has 2 aromatic rings. The van der Waals surface area contributed by atoms with Crippen molar-refractivity contribution in [2.75, 3.05) is 25.6 Å². The third kappa shape index (κ3) is 6.18. The van der Waals surface area contributed by atoms with Crippen LogP contribution in [0.2, 0.25) is 0 Å². The smallest absolute Gasteiger partial charge is 0.270 e. The molecule has 0 bridgehead atoms. The predicted octanol–water partition coefficient (Wildman–Crippen LogP) is 3.33. The van der Waals surface area contributed by atoms with Gasteiger partial charge in [0.25, 0.3) is 5.91 Å². The van der Waals surface area contributed by atoms with Crippen LogP contribution in [-0.2, 0) is 9.63 Å². The van der Waals surface area contributed by atoms with E-state index in [0.29, 0.717) is 12.4 Å². The van der Waals surface area contributed by atoms with E-state index in [1.54, 1.807) is 19.2 Å². The number of oxime groups is 1. The predicted molar refractivity (Wildman–Crippen MR) is 97.5 cm³/mol. The second kappa shape index (κ2) is 9.32. The number of anilines is 1. The molecule has 2 rings (SSSR count). The highest BCUT2D eigenvalue weighted by atomic mass is 16.6. The van der Waals surface area contributed by atoms with Crippen LogP contribution in [0.1, 0.15) is 11.1 Å². The van der Waals surface area contributed by atoms with Gasteiger partial charge in [0.2, 0.25) is 0 Å². The highest BCUT2D eigenvalue weighted by molar-refractivity contribution is 6.31. The number of aryl methyl sites for hydroxylation is 2. The van der Waals surface area contributed by atoms with Crippen LogP contribution in [-0.4, -0.2) is 32.4 Å². The average Bonchev–Trinajstić information content (AvgIpc) is 2.61. The van der Waals surface area contributed by atoms with Gasteiger partial charge in [-0.05, 0) is 49.7 Å². The maximum absolute atomic E-state index is 11.8. The number of benzene rings is 2. The largest absolute Gasteiger partial charge is 0.497 e. The fourth-order valence-corrected chi connectivity index (χ4v) is 2.13. The Morgan fingerprint density at radius 3 is 2.48 bits per heavy atom. The molecule has 0 saturated heterocycles. The minimum absolute atomic E-state index is 0.235. The van der Waals surface area contributed by atoms with Gasteiger partial charge in [-0.15, -0.1) is 0 Å². The molecule has 6 nitrogen and oxygen atoms in total. The molecule has 0 spiro atoms. The van der Waals surface area contributed by atoms with Crippen molar-refractivity contribution in [1.29, 1.82) is 0 Å². The topological polar surface area (TPSA) is 69.1 Å². The first-order valence-electron chi connectivity index (χ1n) is 7.89. The molecule has 0 radical (unpaired) electrons. The van der Waals surface area contributed by atoms with E-state index >= 15 is 0 Å². The zero-order chi connectivity index (χ0) is 18.1. The molecule has 0 fully saturated rings. The van der Waals surface area contributed by atoms with E-state index < -0.39 is 0 Å². The number of nitrogens with zero attached hydrogens (tertiary/aromatic N) is 1. The fourth-order valence-electron chi connectivity index (χ4n) is 2.13. The molecule has 6 heteroatoms. The van der Waals surface area contributed by atoms with Gasteiger partial charge in [-0.1, -0.05) is 22.9 Å². The summed E-state index contributed by atoms with van der Waals surface area (Å²) in [7, 11) is 1.61. The Morgan fingerprint density at radius 1 is 1.08 bits per heavy atom. The van der Waals surface area contributed by atoms with Crippen LogP contribution in [0.5, 0.6) is 11.5 Å². The van der Waals surface area contributed by atoms with Gasteiger partial charge in [0.05, 0.1) is 7.11 Å². The van der Waals surface area contributed by atoms with E-state index in [0.717, 1.165) is 28.8 Å². The van der Waals surface area contributed by atoms with Crippen LogP contribution < -0.4 is 14.8 Å². The molecule has 1 amide bonds. The lowest BCUT2D eigenvalue weighted by molar-refractivity contribution is -0.110. The lowest BCUT2D eigenvalue weighted by Crippen LogP contribution is -2.14. The molecule has 0 saturated carbocycles. The summed E-state index contributed by atoms with van der Waals surface area (Å²) in [6.07, 6.45) is 1.10. The van der Waals surface area contributed by atoms with Gasteiger partial charge < -0.3 is 19.6 Å². The highest BCUT2D eigenvalue weighted by Gasteiger charge is 2.02. The maximum atomic E-state index is 11.8. The van der Waals surface area contributed by atoms with Crippen molar-refractivity contribution in [3.63, 3.8) is 0 Å². The van der Waals surface area contributed by atoms with Gasteiger partial charge >= 0.3 is 0 Å². The molecule has 0 aliphatic carbocycles. The number of carbonyl (C=O) groups is 1. The summed E-state index contributed by atoms with van der Waals surface area (Å²) in [4.78, 5) is 16.8. The van der Waals surface area contributed by atoms with Gasteiger partial charge in [-0.2, -0.15) is 0 Å². The summed E-state index contributed by atoms with van der Waals surface area (Å²) in [5.74, 6) is 1.13. The molecular formula is C19H22N2O4. The van der Waals surface area contributed by atoms with E-state index in [1.807, 2.05) is 44.2 Å². The molecule has 0 aliphatic rings. The molecular weight excluding hydrogens is 320 g/mol. The number of ether oxygens (including phenoxy) is 2. The van der Waals surface area contributed by atoms with Crippen molar-refractivity contribution < 1.29 is 19.1 Å². The molecule has 0 unspecified atom stereocenters. The average molecular weight is 342 g/mol. The van der Waals surface area contributed by atoms with Gasteiger partial charge in [-0.3, -0.25) is 4.79 Å². The normalized spacial score (nSPS) is 10.5. The number of rotatable bonds is 8. The monoisotopic (exact) mass is 342 g/mol. The van der Waals surface area contributed by atoms with Crippen LogP contribution in [0.4, 0.5) is 5.69 Å². The van der Waals surface area contributed by atoms with E-state index in [-0.39, 0.29) is 12.5 Å². The summed E-state index contributed by atoms with van der Waals surface area (Å²) < 4.78 is 10.5. The first-order valence-corrected chi connectivity index (χ1v) is 7.89. The van der Waals surface area contributed by atoms with Crippen molar-refractivity contribution in [2.45, 2.75) is 13.8 Å². The summed E-state index contributed by atoms with van der Waals surface area (Å²) in [6, 6.07) is 13.0. The maximum Gasteiger partial charge on any atom is 0.270 e. The van der Waals surface area contributed by atoms with E-state index in [1.165, 1.54) is 0 Å². The summed E-state index contributed by atoms with van der Waals surface area (Å²) in [5.41, 5.74) is 2.89. The number of hydrogen-bond donors (Lipinski definition) is 1. The van der Waals surface area contributed by atoms with Crippen molar-refractivity contribution in [2.24, 2.45) is 5.16 Å². The second-order valence-corrected chi connectivity index (χ2v) is 5.40. The minimum atomic E-state index is -0.344. The molecule has 25 heavy (non-hydrogen) atoms. The van der Waals surface area contributed by atoms with E-state index in [9.17, 15) is 4.79 Å². The van der Waals surface area contributed by atoms with Crippen LogP contribution >= 0.6 is 0 Å². The van der Waals surface area contributed by atoms with Gasteiger partial charge in [-0.25, -0.2) is 0 Å². The number of amides is 1. The molecule has 0 atom stereocenters. The summed E-state index contributed by atoms with van der Waals surface area (Å²) in [5, 5.41) is 6.39. The van der Waals surface area contributed by atoms with E-state index in [2.05, 4.69) is 10.5 Å². The van der Waals surface area contributed by atoms with Crippen molar-refractivity contribution in [1.82, 2.24) is 0 Å². The molecule has 0 aromatic heterocycles. The van der Waals surface area contributed by atoms with Crippen molar-refractivity contribution in [3.8, 4) is 11.5 Å². The Morgan fingerprint density at radius 2 is 1.80 bits per heavy atom. The fraction of sp³-hybridized carbons (Fsp3) is 0.263. The van der Waals surface area contributed by atoms with Crippen molar-refractivity contribution in [3.05, 3.63) is 53.6 Å². The number of hydrogen-bond acceptors (Lipinski definition) is 5. The summed E-state index contributed by atoms with van der Waals surface area (Å²) >= 11 is 0.